The Balaban J connectivity index is 1.49. The van der Waals surface area contributed by atoms with E-state index in [1.54, 1.807) is 0 Å². The highest BCUT2D eigenvalue weighted by Gasteiger charge is 2.32. The molecule has 1 aromatic rings. The fraction of sp³-hybridized carbons (Fsp3) is 0.579. The first kappa shape index (κ1) is 17.9. The maximum Gasteiger partial charge on any atom is 0.251 e. The lowest BCUT2D eigenvalue weighted by atomic mass is 10.1. The third-order valence-electron chi connectivity index (χ3n) is 5.04. The zero-order chi connectivity index (χ0) is 17.8. The Hall–Kier alpha value is -1.92. The molecule has 0 aliphatic carbocycles. The second kappa shape index (κ2) is 7.97. The summed E-state index contributed by atoms with van der Waals surface area (Å²) in [4.78, 5) is 28.9. The van der Waals surface area contributed by atoms with Crippen LogP contribution in [0.2, 0.25) is 0 Å². The highest BCUT2D eigenvalue weighted by Crippen LogP contribution is 2.17. The highest BCUT2D eigenvalue weighted by molar-refractivity contribution is 5.94. The lowest BCUT2D eigenvalue weighted by molar-refractivity contribution is -0.143. The van der Waals surface area contributed by atoms with E-state index >= 15 is 0 Å². The first-order valence-electron chi connectivity index (χ1n) is 9.06. The number of carbonyl (C=O) groups is 2. The van der Waals surface area contributed by atoms with E-state index in [9.17, 15) is 9.59 Å². The zero-order valence-corrected chi connectivity index (χ0v) is 15.0. The van der Waals surface area contributed by atoms with E-state index in [4.69, 9.17) is 4.74 Å². The zero-order valence-electron chi connectivity index (χ0n) is 15.0. The van der Waals surface area contributed by atoms with Gasteiger partial charge in [-0.15, -0.1) is 0 Å². The van der Waals surface area contributed by atoms with E-state index < -0.39 is 0 Å². The lowest BCUT2D eigenvalue weighted by Crippen LogP contribution is -2.55. The number of piperazine rings is 1. The Morgan fingerprint density at radius 3 is 2.64 bits per heavy atom. The smallest absolute Gasteiger partial charge is 0.251 e. The Bertz CT molecular complexity index is 620. The fourth-order valence-electron chi connectivity index (χ4n) is 3.44. The van der Waals surface area contributed by atoms with Crippen molar-refractivity contribution in [1.82, 2.24) is 9.80 Å². The van der Waals surface area contributed by atoms with Crippen molar-refractivity contribution in [3.63, 3.8) is 0 Å². The lowest BCUT2D eigenvalue weighted by Gasteiger charge is -2.38. The molecule has 2 aliphatic heterocycles. The summed E-state index contributed by atoms with van der Waals surface area (Å²) in [5.41, 5.74) is 1.94. The number of benzene rings is 1. The molecule has 2 atom stereocenters. The Morgan fingerprint density at radius 1 is 1.24 bits per heavy atom. The molecule has 0 radical (unpaired) electrons. The average Bonchev–Trinajstić information content (AvgIpc) is 3.15. The van der Waals surface area contributed by atoms with Crippen molar-refractivity contribution >= 4 is 17.5 Å². The summed E-state index contributed by atoms with van der Waals surface area (Å²) in [6.45, 7) is 7.34. The van der Waals surface area contributed by atoms with Gasteiger partial charge < -0.3 is 15.0 Å². The molecule has 0 bridgehead atoms. The number of anilines is 1. The molecule has 2 saturated heterocycles. The molecule has 0 saturated carbocycles. The minimum atomic E-state index is -0.256. The normalized spacial score (nSPS) is 22.6. The maximum absolute atomic E-state index is 12.5. The standard InChI is InChI=1S/C19H27N3O3/c1-14-5-3-6-16(13-14)20-18(23)15(2)21-8-10-22(11-9-21)19(24)17-7-4-12-25-17/h3,5-6,13,15,17H,4,7-12H2,1-2H3,(H,20,23). The number of ether oxygens (including phenoxy) is 1. The number of hydrogen-bond donors (Lipinski definition) is 1. The predicted molar refractivity (Wildman–Crippen MR) is 96.4 cm³/mol. The molecule has 2 amide bonds. The van der Waals surface area contributed by atoms with E-state index in [0.717, 1.165) is 24.1 Å². The first-order valence-corrected chi connectivity index (χ1v) is 9.06. The second-order valence-corrected chi connectivity index (χ2v) is 6.90. The van der Waals surface area contributed by atoms with Crippen LogP contribution in [0.3, 0.4) is 0 Å². The number of rotatable bonds is 4. The van der Waals surface area contributed by atoms with Gasteiger partial charge in [0.2, 0.25) is 5.91 Å². The number of amides is 2. The Labute approximate surface area is 149 Å². The van der Waals surface area contributed by atoms with Gasteiger partial charge in [0, 0.05) is 38.5 Å². The van der Waals surface area contributed by atoms with Crippen LogP contribution in [0.4, 0.5) is 5.69 Å². The molecule has 3 rings (SSSR count). The molecule has 6 nitrogen and oxygen atoms in total. The van der Waals surface area contributed by atoms with Crippen LogP contribution in [0.5, 0.6) is 0 Å². The van der Waals surface area contributed by atoms with Crippen molar-refractivity contribution in [2.24, 2.45) is 0 Å². The summed E-state index contributed by atoms with van der Waals surface area (Å²) < 4.78 is 5.49. The summed E-state index contributed by atoms with van der Waals surface area (Å²) in [5.74, 6) is 0.0959. The van der Waals surface area contributed by atoms with Crippen LogP contribution in [0.25, 0.3) is 0 Å². The molecule has 2 aliphatic rings. The topological polar surface area (TPSA) is 61.9 Å². The van der Waals surface area contributed by atoms with E-state index in [1.165, 1.54) is 0 Å². The van der Waals surface area contributed by atoms with Gasteiger partial charge in [-0.05, 0) is 44.4 Å². The van der Waals surface area contributed by atoms with E-state index in [0.29, 0.717) is 32.8 Å². The number of nitrogens with zero attached hydrogens (tertiary/aromatic N) is 2. The summed E-state index contributed by atoms with van der Waals surface area (Å²) in [6, 6.07) is 7.58. The minimum Gasteiger partial charge on any atom is -0.368 e. The van der Waals surface area contributed by atoms with Crippen LogP contribution in [0.15, 0.2) is 24.3 Å². The summed E-state index contributed by atoms with van der Waals surface area (Å²) >= 11 is 0. The number of hydrogen-bond acceptors (Lipinski definition) is 4. The third kappa shape index (κ3) is 4.38. The van der Waals surface area contributed by atoms with Crippen LogP contribution in [-0.4, -0.2) is 66.5 Å². The molecular formula is C19H27N3O3. The minimum absolute atomic E-state index is 0.00972. The molecule has 2 fully saturated rings. The summed E-state index contributed by atoms with van der Waals surface area (Å²) in [5, 5.41) is 2.98. The van der Waals surface area contributed by atoms with E-state index in [2.05, 4.69) is 10.2 Å². The van der Waals surface area contributed by atoms with Crippen molar-refractivity contribution in [2.45, 2.75) is 38.8 Å². The number of nitrogens with one attached hydrogen (secondary N) is 1. The third-order valence-corrected chi connectivity index (χ3v) is 5.04. The van der Waals surface area contributed by atoms with Gasteiger partial charge in [-0.1, -0.05) is 12.1 Å². The molecule has 0 aromatic heterocycles. The fourth-order valence-corrected chi connectivity index (χ4v) is 3.44. The average molecular weight is 345 g/mol. The van der Waals surface area contributed by atoms with Crippen LogP contribution in [0, 0.1) is 6.92 Å². The monoisotopic (exact) mass is 345 g/mol. The van der Waals surface area contributed by atoms with Crippen LogP contribution < -0.4 is 5.32 Å². The second-order valence-electron chi connectivity index (χ2n) is 6.90. The van der Waals surface area contributed by atoms with E-state index in [1.807, 2.05) is 43.0 Å². The van der Waals surface area contributed by atoms with Crippen LogP contribution in [0.1, 0.15) is 25.3 Å². The van der Waals surface area contributed by atoms with Crippen LogP contribution in [-0.2, 0) is 14.3 Å². The predicted octanol–water partition coefficient (Wildman–Crippen LogP) is 1.65. The van der Waals surface area contributed by atoms with Crippen molar-refractivity contribution in [1.29, 1.82) is 0 Å². The SMILES string of the molecule is Cc1cccc(NC(=O)C(C)N2CCN(C(=O)C3CCCO3)CC2)c1. The quantitative estimate of drug-likeness (QED) is 0.901. The van der Waals surface area contributed by atoms with Crippen LogP contribution >= 0.6 is 0 Å². The van der Waals surface area contributed by atoms with Gasteiger partial charge in [-0.2, -0.15) is 0 Å². The highest BCUT2D eigenvalue weighted by atomic mass is 16.5. The largest absolute Gasteiger partial charge is 0.368 e. The number of aryl methyl sites for hydroxylation is 1. The molecule has 6 heteroatoms. The van der Waals surface area contributed by atoms with Gasteiger partial charge in [0.25, 0.3) is 5.91 Å². The molecule has 0 spiro atoms. The van der Waals surface area contributed by atoms with Gasteiger partial charge in [0.05, 0.1) is 6.04 Å². The maximum atomic E-state index is 12.5. The number of carbonyl (C=O) groups excluding carboxylic acids is 2. The van der Waals surface area contributed by atoms with Gasteiger partial charge >= 0.3 is 0 Å². The Kier molecular flexibility index (Phi) is 5.71. The van der Waals surface area contributed by atoms with Gasteiger partial charge in [0.1, 0.15) is 6.10 Å². The van der Waals surface area contributed by atoms with Crippen molar-refractivity contribution in [3.05, 3.63) is 29.8 Å². The molecule has 1 aromatic carbocycles. The van der Waals surface area contributed by atoms with Crippen molar-refractivity contribution < 1.29 is 14.3 Å². The summed E-state index contributed by atoms with van der Waals surface area (Å²) in [7, 11) is 0. The van der Waals surface area contributed by atoms with Crippen molar-refractivity contribution in [3.8, 4) is 0 Å². The molecule has 2 heterocycles. The summed E-state index contributed by atoms with van der Waals surface area (Å²) in [6.07, 6.45) is 1.54. The molecule has 25 heavy (non-hydrogen) atoms. The molecular weight excluding hydrogens is 318 g/mol. The van der Waals surface area contributed by atoms with Gasteiger partial charge in [-0.3, -0.25) is 14.5 Å². The Morgan fingerprint density at radius 2 is 2.00 bits per heavy atom. The molecule has 1 N–H and O–H groups in total. The first-order chi connectivity index (χ1) is 12.0. The van der Waals surface area contributed by atoms with Crippen molar-refractivity contribution in [2.75, 3.05) is 38.1 Å². The molecule has 136 valence electrons. The van der Waals surface area contributed by atoms with E-state index in [-0.39, 0.29) is 24.0 Å². The van der Waals surface area contributed by atoms with Gasteiger partial charge in [0.15, 0.2) is 0 Å². The van der Waals surface area contributed by atoms with Gasteiger partial charge in [-0.25, -0.2) is 0 Å². The molecule has 2 unspecified atom stereocenters.